The van der Waals surface area contributed by atoms with Gasteiger partial charge in [-0.3, -0.25) is 0 Å². The number of benzene rings is 1. The first-order valence-corrected chi connectivity index (χ1v) is 7.18. The molecule has 102 valence electrons. The van der Waals surface area contributed by atoms with E-state index < -0.39 is 0 Å². The summed E-state index contributed by atoms with van der Waals surface area (Å²) in [5.74, 6) is 0.799. The molecule has 0 saturated heterocycles. The molecule has 0 bridgehead atoms. The lowest BCUT2D eigenvalue weighted by molar-refractivity contribution is 0.294. The van der Waals surface area contributed by atoms with Gasteiger partial charge in [0.1, 0.15) is 0 Å². The molecule has 0 spiro atoms. The third-order valence-electron chi connectivity index (χ3n) is 3.61. The van der Waals surface area contributed by atoms with Crippen molar-refractivity contribution in [2.24, 2.45) is 11.7 Å². The molecule has 1 atom stereocenters. The molecule has 0 aliphatic rings. The summed E-state index contributed by atoms with van der Waals surface area (Å²) in [5, 5.41) is 0. The van der Waals surface area contributed by atoms with Crippen molar-refractivity contribution >= 4 is 0 Å². The van der Waals surface area contributed by atoms with Gasteiger partial charge in [0.2, 0.25) is 0 Å². The molecule has 2 N–H and O–H groups in total. The van der Waals surface area contributed by atoms with E-state index in [0.717, 1.165) is 25.4 Å². The molecule has 1 aromatic carbocycles. The van der Waals surface area contributed by atoms with E-state index in [9.17, 15) is 0 Å². The number of hydrogen-bond acceptors (Lipinski definition) is 2. The molecule has 0 fully saturated rings. The predicted octanol–water partition coefficient (Wildman–Crippen LogP) is 2.93. The molecule has 1 aromatic rings. The summed E-state index contributed by atoms with van der Waals surface area (Å²) >= 11 is 0. The average molecular weight is 248 g/mol. The molecule has 0 saturated carbocycles. The largest absolute Gasteiger partial charge is 0.330 e. The number of nitrogens with zero attached hydrogens (tertiary/aromatic N) is 1. The average Bonchev–Trinajstić information content (AvgIpc) is 2.42. The highest BCUT2D eigenvalue weighted by Crippen LogP contribution is 2.16. The highest BCUT2D eigenvalue weighted by molar-refractivity contribution is 5.15. The Balaban J connectivity index is 2.29. The third-order valence-corrected chi connectivity index (χ3v) is 3.61. The number of hydrogen-bond donors (Lipinski definition) is 1. The molecule has 0 amide bonds. The summed E-state index contributed by atoms with van der Waals surface area (Å²) in [6, 6.07) is 10.8. The van der Waals surface area contributed by atoms with Crippen LogP contribution < -0.4 is 5.73 Å². The van der Waals surface area contributed by atoms with Gasteiger partial charge >= 0.3 is 0 Å². The standard InChI is InChI=1S/C16H28N2/c1-3-15(10-13-18(2)12-7-11-17)14-16-8-5-4-6-9-16/h4-6,8-9,15H,3,7,10-14,17H2,1-2H3. The van der Waals surface area contributed by atoms with Gasteiger partial charge in [0.05, 0.1) is 0 Å². The number of nitrogens with two attached hydrogens (primary N) is 1. The lowest BCUT2D eigenvalue weighted by Gasteiger charge is -2.20. The van der Waals surface area contributed by atoms with Crippen LogP contribution in [-0.2, 0) is 6.42 Å². The van der Waals surface area contributed by atoms with Crippen molar-refractivity contribution in [1.82, 2.24) is 4.90 Å². The first-order valence-electron chi connectivity index (χ1n) is 7.18. The Bertz CT molecular complexity index is 297. The second-order valence-electron chi connectivity index (χ2n) is 5.20. The van der Waals surface area contributed by atoms with Crippen LogP contribution in [0, 0.1) is 5.92 Å². The minimum Gasteiger partial charge on any atom is -0.330 e. The van der Waals surface area contributed by atoms with Crippen LogP contribution in [0.5, 0.6) is 0 Å². The normalized spacial score (nSPS) is 12.9. The predicted molar refractivity (Wildman–Crippen MR) is 79.7 cm³/mol. The van der Waals surface area contributed by atoms with E-state index in [1.54, 1.807) is 0 Å². The zero-order valence-electron chi connectivity index (χ0n) is 11.9. The zero-order chi connectivity index (χ0) is 13.2. The quantitative estimate of drug-likeness (QED) is 0.728. The van der Waals surface area contributed by atoms with E-state index in [1.165, 1.54) is 31.4 Å². The maximum atomic E-state index is 5.53. The van der Waals surface area contributed by atoms with E-state index in [1.807, 2.05) is 0 Å². The van der Waals surface area contributed by atoms with Crippen LogP contribution in [0.15, 0.2) is 30.3 Å². The van der Waals surface area contributed by atoms with Crippen molar-refractivity contribution in [3.63, 3.8) is 0 Å². The van der Waals surface area contributed by atoms with Gasteiger partial charge in [-0.1, -0.05) is 43.7 Å². The van der Waals surface area contributed by atoms with Gasteiger partial charge in [-0.15, -0.1) is 0 Å². The number of rotatable bonds is 9. The molecule has 2 heteroatoms. The first kappa shape index (κ1) is 15.2. The minimum atomic E-state index is 0.797. The third kappa shape index (κ3) is 6.18. The van der Waals surface area contributed by atoms with Crippen molar-refractivity contribution < 1.29 is 0 Å². The lowest BCUT2D eigenvalue weighted by Crippen LogP contribution is -2.24. The molecule has 0 aliphatic carbocycles. The van der Waals surface area contributed by atoms with Gasteiger partial charge in [-0.05, 0) is 57.4 Å². The Morgan fingerprint density at radius 1 is 1.17 bits per heavy atom. The molecule has 18 heavy (non-hydrogen) atoms. The van der Waals surface area contributed by atoms with Crippen LogP contribution in [0.25, 0.3) is 0 Å². The van der Waals surface area contributed by atoms with Crippen LogP contribution in [0.1, 0.15) is 31.7 Å². The monoisotopic (exact) mass is 248 g/mol. The lowest BCUT2D eigenvalue weighted by atomic mass is 9.94. The van der Waals surface area contributed by atoms with Gasteiger partial charge < -0.3 is 10.6 Å². The summed E-state index contributed by atoms with van der Waals surface area (Å²) in [6.07, 6.45) is 4.86. The summed E-state index contributed by atoms with van der Waals surface area (Å²) in [4.78, 5) is 2.40. The Kier molecular flexibility index (Phi) is 7.70. The summed E-state index contributed by atoms with van der Waals surface area (Å²) in [5.41, 5.74) is 7.00. The van der Waals surface area contributed by atoms with Crippen molar-refractivity contribution in [3.05, 3.63) is 35.9 Å². The highest BCUT2D eigenvalue weighted by atomic mass is 15.1. The molecular weight excluding hydrogens is 220 g/mol. The molecule has 0 heterocycles. The van der Waals surface area contributed by atoms with Crippen molar-refractivity contribution in [2.75, 3.05) is 26.7 Å². The van der Waals surface area contributed by atoms with E-state index in [-0.39, 0.29) is 0 Å². The smallest absolute Gasteiger partial charge is 0.000977 e. The summed E-state index contributed by atoms with van der Waals surface area (Å²) in [7, 11) is 2.20. The van der Waals surface area contributed by atoms with E-state index >= 15 is 0 Å². The molecule has 0 radical (unpaired) electrons. The molecule has 0 aliphatic heterocycles. The topological polar surface area (TPSA) is 29.3 Å². The van der Waals surface area contributed by atoms with Crippen molar-refractivity contribution in [1.29, 1.82) is 0 Å². The fraction of sp³-hybridized carbons (Fsp3) is 0.625. The van der Waals surface area contributed by atoms with Gasteiger partial charge in [0.15, 0.2) is 0 Å². The zero-order valence-corrected chi connectivity index (χ0v) is 11.9. The Morgan fingerprint density at radius 2 is 1.89 bits per heavy atom. The first-order chi connectivity index (χ1) is 8.76. The van der Waals surface area contributed by atoms with Crippen molar-refractivity contribution in [3.8, 4) is 0 Å². The van der Waals surface area contributed by atoms with Gasteiger partial charge in [-0.2, -0.15) is 0 Å². The SMILES string of the molecule is CCC(CCN(C)CCCN)Cc1ccccc1. The van der Waals surface area contributed by atoms with E-state index in [2.05, 4.69) is 49.2 Å². The minimum absolute atomic E-state index is 0.797. The van der Waals surface area contributed by atoms with Crippen LogP contribution in [0.4, 0.5) is 0 Å². The van der Waals surface area contributed by atoms with Gasteiger partial charge in [0, 0.05) is 0 Å². The highest BCUT2D eigenvalue weighted by Gasteiger charge is 2.08. The second-order valence-corrected chi connectivity index (χ2v) is 5.20. The summed E-state index contributed by atoms with van der Waals surface area (Å²) in [6.45, 7) is 5.41. The van der Waals surface area contributed by atoms with Crippen LogP contribution >= 0.6 is 0 Å². The van der Waals surface area contributed by atoms with Crippen molar-refractivity contribution in [2.45, 2.75) is 32.6 Å². The molecule has 1 rings (SSSR count). The molecule has 0 aromatic heterocycles. The maximum absolute atomic E-state index is 5.53. The Labute approximate surface area is 112 Å². The molecule has 1 unspecified atom stereocenters. The van der Waals surface area contributed by atoms with E-state index in [0.29, 0.717) is 0 Å². The molecular formula is C16H28N2. The van der Waals surface area contributed by atoms with Gasteiger partial charge in [0.25, 0.3) is 0 Å². The fourth-order valence-corrected chi connectivity index (χ4v) is 2.27. The second kappa shape index (κ2) is 9.12. The van der Waals surface area contributed by atoms with Crippen LogP contribution in [0.3, 0.4) is 0 Å². The van der Waals surface area contributed by atoms with E-state index in [4.69, 9.17) is 5.73 Å². The molecule has 2 nitrogen and oxygen atoms in total. The Morgan fingerprint density at radius 3 is 2.50 bits per heavy atom. The summed E-state index contributed by atoms with van der Waals surface area (Å²) < 4.78 is 0. The Hall–Kier alpha value is -0.860. The van der Waals surface area contributed by atoms with Crippen LogP contribution in [0.2, 0.25) is 0 Å². The van der Waals surface area contributed by atoms with Gasteiger partial charge in [-0.25, -0.2) is 0 Å². The fourth-order valence-electron chi connectivity index (χ4n) is 2.27. The maximum Gasteiger partial charge on any atom is -0.000977 e. The van der Waals surface area contributed by atoms with Crippen LogP contribution in [-0.4, -0.2) is 31.6 Å².